The van der Waals surface area contributed by atoms with E-state index >= 15 is 0 Å². The molecular formula is C12H15BrN4. The Hall–Kier alpha value is -1.20. The third-order valence-electron chi connectivity index (χ3n) is 2.67. The quantitative estimate of drug-likeness (QED) is 0.943. The number of nitrogens with zero attached hydrogens (tertiary/aromatic N) is 3. The molecule has 17 heavy (non-hydrogen) atoms. The van der Waals surface area contributed by atoms with Gasteiger partial charge in [0.15, 0.2) is 0 Å². The van der Waals surface area contributed by atoms with Gasteiger partial charge in [0.2, 0.25) is 0 Å². The van der Waals surface area contributed by atoms with Crippen LogP contribution in [0.1, 0.15) is 23.0 Å². The van der Waals surface area contributed by atoms with Crippen LogP contribution in [0, 0.1) is 6.92 Å². The molecule has 2 aromatic heterocycles. The molecular weight excluding hydrogens is 280 g/mol. The number of halogens is 1. The minimum Gasteiger partial charge on any atom is -0.324 e. The Morgan fingerprint density at radius 3 is 2.76 bits per heavy atom. The molecule has 0 aliphatic heterocycles. The van der Waals surface area contributed by atoms with Crippen molar-refractivity contribution in [2.75, 3.05) is 0 Å². The standard InChI is InChI=1S/C12H15BrN4/c1-8-11(7-17(2)16-8)12(14)5-10-4-3-9(13)6-15-10/h3-4,6-7,12H,5,14H2,1-2H3. The van der Waals surface area contributed by atoms with Crippen molar-refractivity contribution in [1.29, 1.82) is 0 Å². The van der Waals surface area contributed by atoms with Gasteiger partial charge in [-0.25, -0.2) is 0 Å². The molecule has 0 spiro atoms. The van der Waals surface area contributed by atoms with Gasteiger partial charge in [0.05, 0.1) is 5.69 Å². The average Bonchev–Trinajstić information content (AvgIpc) is 2.61. The number of aryl methyl sites for hydroxylation is 2. The highest BCUT2D eigenvalue weighted by atomic mass is 79.9. The summed E-state index contributed by atoms with van der Waals surface area (Å²) in [5.41, 5.74) is 9.23. The summed E-state index contributed by atoms with van der Waals surface area (Å²) in [6, 6.07) is 3.90. The molecule has 1 atom stereocenters. The van der Waals surface area contributed by atoms with Gasteiger partial charge in [-0.05, 0) is 35.0 Å². The van der Waals surface area contributed by atoms with Crippen molar-refractivity contribution < 1.29 is 0 Å². The Morgan fingerprint density at radius 2 is 2.24 bits per heavy atom. The minimum absolute atomic E-state index is 0.0580. The Balaban J connectivity index is 2.14. The minimum atomic E-state index is -0.0580. The third kappa shape index (κ3) is 2.92. The first-order chi connectivity index (χ1) is 8.06. The van der Waals surface area contributed by atoms with E-state index in [-0.39, 0.29) is 6.04 Å². The lowest BCUT2D eigenvalue weighted by Crippen LogP contribution is -2.14. The summed E-state index contributed by atoms with van der Waals surface area (Å²) in [5, 5.41) is 4.30. The summed E-state index contributed by atoms with van der Waals surface area (Å²) >= 11 is 3.36. The Bertz CT molecular complexity index is 504. The van der Waals surface area contributed by atoms with Gasteiger partial charge < -0.3 is 5.73 Å². The van der Waals surface area contributed by atoms with Crippen molar-refractivity contribution in [3.05, 3.63) is 46.0 Å². The van der Waals surface area contributed by atoms with Crippen LogP contribution in [0.25, 0.3) is 0 Å². The van der Waals surface area contributed by atoms with E-state index in [0.29, 0.717) is 0 Å². The van der Waals surface area contributed by atoms with Crippen LogP contribution in [0.15, 0.2) is 29.0 Å². The van der Waals surface area contributed by atoms with Gasteiger partial charge in [-0.1, -0.05) is 0 Å². The SMILES string of the molecule is Cc1nn(C)cc1C(N)Cc1ccc(Br)cn1. The lowest BCUT2D eigenvalue weighted by molar-refractivity contribution is 0.700. The summed E-state index contributed by atoms with van der Waals surface area (Å²) in [4.78, 5) is 4.33. The maximum atomic E-state index is 6.17. The number of pyridine rings is 1. The zero-order valence-electron chi connectivity index (χ0n) is 9.89. The highest BCUT2D eigenvalue weighted by Crippen LogP contribution is 2.18. The first-order valence-corrected chi connectivity index (χ1v) is 6.21. The molecule has 2 rings (SSSR count). The normalized spacial score (nSPS) is 12.7. The van der Waals surface area contributed by atoms with Crippen LogP contribution in [0.4, 0.5) is 0 Å². The summed E-state index contributed by atoms with van der Waals surface area (Å²) in [7, 11) is 1.90. The fraction of sp³-hybridized carbons (Fsp3) is 0.333. The van der Waals surface area contributed by atoms with Gasteiger partial charge in [0.25, 0.3) is 0 Å². The van der Waals surface area contributed by atoms with E-state index < -0.39 is 0 Å². The first-order valence-electron chi connectivity index (χ1n) is 5.42. The van der Waals surface area contributed by atoms with E-state index in [1.807, 2.05) is 32.3 Å². The maximum absolute atomic E-state index is 6.17. The molecule has 0 saturated carbocycles. The number of hydrogen-bond donors (Lipinski definition) is 1. The molecule has 5 heteroatoms. The summed E-state index contributed by atoms with van der Waals surface area (Å²) in [6.45, 7) is 1.98. The zero-order chi connectivity index (χ0) is 12.4. The van der Waals surface area contributed by atoms with E-state index in [9.17, 15) is 0 Å². The van der Waals surface area contributed by atoms with Crippen LogP contribution in [-0.2, 0) is 13.5 Å². The lowest BCUT2D eigenvalue weighted by Gasteiger charge is -2.09. The molecule has 0 fully saturated rings. The molecule has 0 amide bonds. The van der Waals surface area contributed by atoms with E-state index in [2.05, 4.69) is 26.0 Å². The second-order valence-corrected chi connectivity index (χ2v) is 5.04. The molecule has 0 bridgehead atoms. The largest absolute Gasteiger partial charge is 0.324 e. The van der Waals surface area contributed by atoms with Crippen molar-refractivity contribution in [3.8, 4) is 0 Å². The Labute approximate surface area is 109 Å². The van der Waals surface area contributed by atoms with Crippen LogP contribution < -0.4 is 5.73 Å². The van der Waals surface area contributed by atoms with Gasteiger partial charge in [0.1, 0.15) is 0 Å². The number of hydrogen-bond acceptors (Lipinski definition) is 3. The van der Waals surface area contributed by atoms with Gasteiger partial charge in [0, 0.05) is 47.6 Å². The van der Waals surface area contributed by atoms with Crippen molar-refractivity contribution in [2.24, 2.45) is 12.8 Å². The zero-order valence-corrected chi connectivity index (χ0v) is 11.5. The molecule has 0 aliphatic carbocycles. The number of nitrogens with two attached hydrogens (primary N) is 1. The van der Waals surface area contributed by atoms with Gasteiger partial charge >= 0.3 is 0 Å². The number of rotatable bonds is 3. The van der Waals surface area contributed by atoms with Crippen LogP contribution in [0.2, 0.25) is 0 Å². The van der Waals surface area contributed by atoms with Crippen LogP contribution in [-0.4, -0.2) is 14.8 Å². The predicted octanol–water partition coefficient (Wildman–Crippen LogP) is 2.13. The molecule has 2 N–H and O–H groups in total. The second-order valence-electron chi connectivity index (χ2n) is 4.12. The van der Waals surface area contributed by atoms with Gasteiger partial charge in [-0.3, -0.25) is 9.67 Å². The van der Waals surface area contributed by atoms with E-state index in [1.165, 1.54) is 0 Å². The molecule has 90 valence electrons. The second kappa shape index (κ2) is 4.98. The van der Waals surface area contributed by atoms with E-state index in [1.54, 1.807) is 10.9 Å². The summed E-state index contributed by atoms with van der Waals surface area (Å²) in [6.07, 6.45) is 4.48. The molecule has 0 saturated heterocycles. The fourth-order valence-electron chi connectivity index (χ4n) is 1.84. The van der Waals surface area contributed by atoms with Crippen molar-refractivity contribution in [1.82, 2.24) is 14.8 Å². The van der Waals surface area contributed by atoms with Crippen LogP contribution in [0.5, 0.6) is 0 Å². The molecule has 0 radical (unpaired) electrons. The fourth-order valence-corrected chi connectivity index (χ4v) is 2.08. The summed E-state index contributed by atoms with van der Waals surface area (Å²) < 4.78 is 2.77. The molecule has 2 heterocycles. The van der Waals surface area contributed by atoms with Crippen molar-refractivity contribution in [3.63, 3.8) is 0 Å². The lowest BCUT2D eigenvalue weighted by atomic mass is 10.0. The smallest absolute Gasteiger partial charge is 0.0641 e. The highest BCUT2D eigenvalue weighted by molar-refractivity contribution is 9.10. The van der Waals surface area contributed by atoms with Crippen LogP contribution in [0.3, 0.4) is 0 Å². The predicted molar refractivity (Wildman–Crippen MR) is 70.5 cm³/mol. The molecule has 4 nitrogen and oxygen atoms in total. The maximum Gasteiger partial charge on any atom is 0.0641 e. The van der Waals surface area contributed by atoms with E-state index in [4.69, 9.17) is 5.73 Å². The Morgan fingerprint density at radius 1 is 1.47 bits per heavy atom. The Kier molecular flexibility index (Phi) is 3.59. The molecule has 0 aromatic carbocycles. The van der Waals surface area contributed by atoms with Gasteiger partial charge in [-0.2, -0.15) is 5.10 Å². The average molecular weight is 295 g/mol. The third-order valence-corrected chi connectivity index (χ3v) is 3.14. The molecule has 2 aromatic rings. The topological polar surface area (TPSA) is 56.7 Å². The first kappa shape index (κ1) is 12.3. The number of aromatic nitrogens is 3. The molecule has 0 aliphatic rings. The van der Waals surface area contributed by atoms with Crippen LogP contribution >= 0.6 is 15.9 Å². The monoisotopic (exact) mass is 294 g/mol. The van der Waals surface area contributed by atoms with Crippen molar-refractivity contribution in [2.45, 2.75) is 19.4 Å². The van der Waals surface area contributed by atoms with Gasteiger partial charge in [-0.15, -0.1) is 0 Å². The van der Waals surface area contributed by atoms with E-state index in [0.717, 1.165) is 27.8 Å². The molecule has 1 unspecified atom stereocenters. The summed E-state index contributed by atoms with van der Waals surface area (Å²) in [5.74, 6) is 0. The highest BCUT2D eigenvalue weighted by Gasteiger charge is 2.13. The van der Waals surface area contributed by atoms with Crippen molar-refractivity contribution >= 4 is 15.9 Å².